The molecule has 1 aromatic carbocycles. The van der Waals surface area contributed by atoms with E-state index in [0.717, 1.165) is 24.3 Å². The van der Waals surface area contributed by atoms with Gasteiger partial charge in [-0.25, -0.2) is 4.21 Å². The summed E-state index contributed by atoms with van der Waals surface area (Å²) in [4.78, 5) is 0. The lowest BCUT2D eigenvalue weighted by Gasteiger charge is -2.21. The van der Waals surface area contributed by atoms with Crippen LogP contribution in [-0.2, 0) is 11.0 Å². The molecule has 1 fully saturated rings. The molecular formula is C13H19NO2S. The van der Waals surface area contributed by atoms with Gasteiger partial charge in [-0.3, -0.25) is 0 Å². The third-order valence-corrected chi connectivity index (χ3v) is 4.68. The minimum atomic E-state index is -0.957. The number of ether oxygens (including phenoxy) is 1. The van der Waals surface area contributed by atoms with Crippen molar-refractivity contribution in [2.45, 2.75) is 37.4 Å². The maximum atomic E-state index is 12.1. The van der Waals surface area contributed by atoms with Gasteiger partial charge in [0.05, 0.1) is 12.4 Å². The highest BCUT2D eigenvalue weighted by atomic mass is 32.2. The van der Waals surface area contributed by atoms with Crippen LogP contribution in [0.2, 0.25) is 0 Å². The zero-order chi connectivity index (χ0) is 12.1. The van der Waals surface area contributed by atoms with Gasteiger partial charge < -0.3 is 9.46 Å². The molecule has 0 saturated heterocycles. The second-order valence-corrected chi connectivity index (χ2v) is 5.85. The lowest BCUT2D eigenvalue weighted by molar-refractivity contribution is 0.415. The standard InChI is InChI=1S/C13H19NO2S/c1-16-12-9-7-11(8-10-12)14-17(15)13-5-3-2-4-6-13/h7-10,13-14H,2-6H2,1H3/t17-/m1/s1. The van der Waals surface area contributed by atoms with E-state index in [-0.39, 0.29) is 0 Å². The van der Waals surface area contributed by atoms with E-state index in [1.54, 1.807) is 7.11 Å². The fourth-order valence-corrected chi connectivity index (χ4v) is 3.43. The summed E-state index contributed by atoms with van der Waals surface area (Å²) in [5.74, 6) is 0.819. The molecule has 1 atom stereocenters. The van der Waals surface area contributed by atoms with Crippen molar-refractivity contribution in [1.82, 2.24) is 0 Å². The zero-order valence-corrected chi connectivity index (χ0v) is 11.0. The fraction of sp³-hybridized carbons (Fsp3) is 0.538. The van der Waals surface area contributed by atoms with Crippen molar-refractivity contribution >= 4 is 16.7 Å². The number of anilines is 1. The predicted octanol–water partition coefficient (Wildman–Crippen LogP) is 3.10. The van der Waals surface area contributed by atoms with Crippen LogP contribution in [0.5, 0.6) is 5.75 Å². The molecule has 2 rings (SSSR count). The largest absolute Gasteiger partial charge is 0.497 e. The molecule has 0 unspecified atom stereocenters. The fourth-order valence-electron chi connectivity index (χ4n) is 2.14. The van der Waals surface area contributed by atoms with Gasteiger partial charge in [0.1, 0.15) is 16.7 Å². The van der Waals surface area contributed by atoms with E-state index >= 15 is 0 Å². The second-order valence-electron chi connectivity index (χ2n) is 4.39. The Labute approximate surface area is 105 Å². The first-order valence-electron chi connectivity index (χ1n) is 6.11. The quantitative estimate of drug-likeness (QED) is 0.895. The predicted molar refractivity (Wildman–Crippen MR) is 71.6 cm³/mol. The molecule has 0 bridgehead atoms. The number of benzene rings is 1. The molecule has 94 valence electrons. The Hall–Kier alpha value is -1.03. The molecule has 4 heteroatoms. The van der Waals surface area contributed by atoms with Gasteiger partial charge in [-0.15, -0.1) is 0 Å². The van der Waals surface area contributed by atoms with Gasteiger partial charge in [0, 0.05) is 5.69 Å². The van der Waals surface area contributed by atoms with Crippen LogP contribution in [0, 0.1) is 0 Å². The third kappa shape index (κ3) is 3.46. The minimum Gasteiger partial charge on any atom is -0.497 e. The summed E-state index contributed by atoms with van der Waals surface area (Å²) in [6, 6.07) is 7.56. The first-order chi connectivity index (χ1) is 8.29. The number of methoxy groups -OCH3 is 1. The minimum absolute atomic E-state index is 0.311. The van der Waals surface area contributed by atoms with Gasteiger partial charge >= 0.3 is 0 Å². The Morgan fingerprint density at radius 1 is 1.18 bits per heavy atom. The first-order valence-corrected chi connectivity index (χ1v) is 7.32. The maximum absolute atomic E-state index is 12.1. The lowest BCUT2D eigenvalue weighted by atomic mass is 10.0. The average molecular weight is 253 g/mol. The molecule has 1 N–H and O–H groups in total. The van der Waals surface area contributed by atoms with Crippen molar-refractivity contribution in [3.63, 3.8) is 0 Å². The highest BCUT2D eigenvalue weighted by Gasteiger charge is 2.19. The van der Waals surface area contributed by atoms with Crippen LogP contribution >= 0.6 is 0 Å². The maximum Gasteiger partial charge on any atom is 0.120 e. The van der Waals surface area contributed by atoms with E-state index in [1.807, 2.05) is 24.3 Å². The average Bonchev–Trinajstić information content (AvgIpc) is 2.40. The molecule has 0 heterocycles. The van der Waals surface area contributed by atoms with Crippen molar-refractivity contribution in [2.75, 3.05) is 11.8 Å². The summed E-state index contributed by atoms with van der Waals surface area (Å²) in [5.41, 5.74) is 0.898. The molecule has 0 spiro atoms. The summed E-state index contributed by atoms with van der Waals surface area (Å²) < 4.78 is 20.3. The lowest BCUT2D eigenvalue weighted by Crippen LogP contribution is -2.23. The Morgan fingerprint density at radius 2 is 1.82 bits per heavy atom. The summed E-state index contributed by atoms with van der Waals surface area (Å²) >= 11 is 0. The van der Waals surface area contributed by atoms with Gasteiger partial charge in [-0.1, -0.05) is 19.3 Å². The van der Waals surface area contributed by atoms with Crippen LogP contribution in [0.4, 0.5) is 5.69 Å². The summed E-state index contributed by atoms with van der Waals surface area (Å²) in [6.07, 6.45) is 5.86. The van der Waals surface area contributed by atoms with Gasteiger partial charge in [-0.05, 0) is 37.1 Å². The molecule has 0 radical (unpaired) electrons. The van der Waals surface area contributed by atoms with E-state index in [2.05, 4.69) is 4.72 Å². The van der Waals surface area contributed by atoms with Crippen LogP contribution in [0.1, 0.15) is 32.1 Å². The second kappa shape index (κ2) is 6.05. The monoisotopic (exact) mass is 253 g/mol. The Kier molecular flexibility index (Phi) is 4.42. The highest BCUT2D eigenvalue weighted by Crippen LogP contribution is 2.23. The SMILES string of the molecule is COc1ccc(N[S@](=O)C2CCCCC2)cc1. The smallest absolute Gasteiger partial charge is 0.120 e. The van der Waals surface area contributed by atoms with Gasteiger partial charge in [-0.2, -0.15) is 0 Å². The topological polar surface area (TPSA) is 38.3 Å². The van der Waals surface area contributed by atoms with Crippen LogP contribution < -0.4 is 9.46 Å². The Morgan fingerprint density at radius 3 is 2.41 bits per heavy atom. The molecule has 3 nitrogen and oxygen atoms in total. The molecule has 0 aliphatic heterocycles. The van der Waals surface area contributed by atoms with E-state index in [1.165, 1.54) is 19.3 Å². The molecule has 0 aromatic heterocycles. The molecular weight excluding hydrogens is 234 g/mol. The first kappa shape index (κ1) is 12.4. The molecule has 1 aliphatic rings. The van der Waals surface area contributed by atoms with E-state index in [9.17, 15) is 4.21 Å². The van der Waals surface area contributed by atoms with Crippen molar-refractivity contribution in [3.05, 3.63) is 24.3 Å². The van der Waals surface area contributed by atoms with Gasteiger partial charge in [0.15, 0.2) is 0 Å². The van der Waals surface area contributed by atoms with E-state index in [4.69, 9.17) is 4.74 Å². The van der Waals surface area contributed by atoms with E-state index < -0.39 is 11.0 Å². The number of hydrogen-bond donors (Lipinski definition) is 1. The highest BCUT2D eigenvalue weighted by molar-refractivity contribution is 7.87. The van der Waals surface area contributed by atoms with Crippen molar-refractivity contribution < 1.29 is 8.95 Å². The summed E-state index contributed by atoms with van der Waals surface area (Å²) in [5, 5.41) is 0.311. The number of rotatable bonds is 4. The van der Waals surface area contributed by atoms with Gasteiger partial charge in [0.2, 0.25) is 0 Å². The molecule has 1 aromatic rings. The normalized spacial score (nSPS) is 18.6. The number of nitrogens with one attached hydrogen (secondary N) is 1. The van der Waals surface area contributed by atoms with E-state index in [0.29, 0.717) is 5.25 Å². The van der Waals surface area contributed by atoms with Gasteiger partial charge in [0.25, 0.3) is 0 Å². The van der Waals surface area contributed by atoms with Crippen LogP contribution in [0.3, 0.4) is 0 Å². The number of hydrogen-bond acceptors (Lipinski definition) is 2. The van der Waals surface area contributed by atoms with Crippen molar-refractivity contribution in [3.8, 4) is 5.75 Å². The summed E-state index contributed by atoms with van der Waals surface area (Å²) in [6.45, 7) is 0. The van der Waals surface area contributed by atoms with Crippen LogP contribution in [0.15, 0.2) is 24.3 Å². The molecule has 17 heavy (non-hydrogen) atoms. The molecule has 1 aliphatic carbocycles. The van der Waals surface area contributed by atoms with Crippen LogP contribution in [0.25, 0.3) is 0 Å². The Balaban J connectivity index is 1.92. The Bertz CT molecular complexity index is 372. The third-order valence-electron chi connectivity index (χ3n) is 3.16. The van der Waals surface area contributed by atoms with Crippen molar-refractivity contribution in [2.24, 2.45) is 0 Å². The molecule has 0 amide bonds. The zero-order valence-electron chi connectivity index (χ0n) is 10.1. The summed E-state index contributed by atoms with van der Waals surface area (Å²) in [7, 11) is 0.685. The van der Waals surface area contributed by atoms with Crippen LogP contribution in [-0.4, -0.2) is 16.6 Å². The molecule has 1 saturated carbocycles. The van der Waals surface area contributed by atoms with Crippen molar-refractivity contribution in [1.29, 1.82) is 0 Å².